The van der Waals surface area contributed by atoms with Gasteiger partial charge in [0.2, 0.25) is 0 Å². The lowest BCUT2D eigenvalue weighted by atomic mass is 10.1. The topological polar surface area (TPSA) is 43.3 Å². The molecule has 0 atom stereocenters. The van der Waals surface area contributed by atoms with E-state index in [1.807, 2.05) is 23.6 Å². The number of anilines is 1. The Morgan fingerprint density at radius 1 is 1.25 bits per heavy atom. The first-order valence-corrected chi connectivity index (χ1v) is 7.42. The summed E-state index contributed by atoms with van der Waals surface area (Å²) >= 11 is 15.9. The highest BCUT2D eigenvalue weighted by atomic mass is 79.9. The number of rotatable bonds is 1. The maximum absolute atomic E-state index is 6.23. The summed E-state index contributed by atoms with van der Waals surface area (Å²) in [7, 11) is 0. The van der Waals surface area contributed by atoms with E-state index in [9.17, 15) is 0 Å². The van der Waals surface area contributed by atoms with E-state index < -0.39 is 0 Å². The lowest BCUT2D eigenvalue weighted by Crippen LogP contribution is -1.95. The SMILES string of the molecule is Cc1cc2nc(-c3c(Cl)cccc3Cl)c(N)n2cc1Br. The van der Waals surface area contributed by atoms with Crippen molar-refractivity contribution in [1.29, 1.82) is 0 Å². The van der Waals surface area contributed by atoms with E-state index in [1.54, 1.807) is 18.2 Å². The van der Waals surface area contributed by atoms with Crippen molar-refractivity contribution in [2.24, 2.45) is 0 Å². The van der Waals surface area contributed by atoms with Crippen LogP contribution in [-0.4, -0.2) is 9.38 Å². The average Bonchev–Trinajstić information content (AvgIpc) is 2.68. The Balaban J connectivity index is 2.35. The van der Waals surface area contributed by atoms with Crippen LogP contribution in [0.4, 0.5) is 5.82 Å². The summed E-state index contributed by atoms with van der Waals surface area (Å²) in [6, 6.07) is 7.29. The number of hydrogen-bond acceptors (Lipinski definition) is 2. The third-order valence-electron chi connectivity index (χ3n) is 3.14. The molecule has 0 aliphatic rings. The molecule has 0 aliphatic carbocycles. The number of nitrogen functional groups attached to an aromatic ring is 1. The van der Waals surface area contributed by atoms with Crippen LogP contribution in [0.1, 0.15) is 5.56 Å². The van der Waals surface area contributed by atoms with E-state index in [0.717, 1.165) is 15.7 Å². The Bertz CT molecular complexity index is 807. The first kappa shape index (κ1) is 13.7. The van der Waals surface area contributed by atoms with Gasteiger partial charge >= 0.3 is 0 Å². The smallest absolute Gasteiger partial charge is 0.139 e. The number of pyridine rings is 1. The molecule has 20 heavy (non-hydrogen) atoms. The van der Waals surface area contributed by atoms with Crippen molar-refractivity contribution < 1.29 is 0 Å². The van der Waals surface area contributed by atoms with Gasteiger partial charge in [0, 0.05) is 16.2 Å². The third-order valence-corrected chi connectivity index (χ3v) is 4.60. The number of imidazole rings is 1. The number of hydrogen-bond donors (Lipinski definition) is 1. The molecule has 2 heterocycles. The Hall–Kier alpha value is -1.23. The van der Waals surface area contributed by atoms with Crippen molar-refractivity contribution in [3.05, 3.63) is 50.5 Å². The van der Waals surface area contributed by atoms with Crippen molar-refractivity contribution in [1.82, 2.24) is 9.38 Å². The fraction of sp³-hybridized carbons (Fsp3) is 0.0714. The molecule has 0 saturated heterocycles. The molecule has 2 N–H and O–H groups in total. The molecule has 1 aromatic carbocycles. The fourth-order valence-corrected chi connectivity index (χ4v) is 2.98. The van der Waals surface area contributed by atoms with Crippen LogP contribution in [0.5, 0.6) is 0 Å². The van der Waals surface area contributed by atoms with Crippen molar-refractivity contribution in [3.63, 3.8) is 0 Å². The van der Waals surface area contributed by atoms with E-state index in [1.165, 1.54) is 0 Å². The number of fused-ring (bicyclic) bond motifs is 1. The quantitative estimate of drug-likeness (QED) is 0.657. The molecule has 0 radical (unpaired) electrons. The predicted octanol–water partition coefficient (Wildman–Crippen LogP) is 4.96. The Kier molecular flexibility index (Phi) is 3.40. The zero-order valence-electron chi connectivity index (χ0n) is 10.5. The molecule has 0 bridgehead atoms. The minimum absolute atomic E-state index is 0.510. The van der Waals surface area contributed by atoms with E-state index in [4.69, 9.17) is 28.9 Å². The summed E-state index contributed by atoms with van der Waals surface area (Å²) in [4.78, 5) is 4.55. The monoisotopic (exact) mass is 369 g/mol. The van der Waals surface area contributed by atoms with Crippen molar-refractivity contribution in [2.75, 3.05) is 5.73 Å². The minimum Gasteiger partial charge on any atom is -0.383 e. The summed E-state index contributed by atoms with van der Waals surface area (Å²) in [5.74, 6) is 0.510. The maximum atomic E-state index is 6.23. The lowest BCUT2D eigenvalue weighted by Gasteiger charge is -2.05. The molecule has 0 saturated carbocycles. The summed E-state index contributed by atoms with van der Waals surface area (Å²) < 4.78 is 2.78. The Morgan fingerprint density at radius 2 is 1.90 bits per heavy atom. The second kappa shape index (κ2) is 4.95. The van der Waals surface area contributed by atoms with Gasteiger partial charge in [-0.15, -0.1) is 0 Å². The van der Waals surface area contributed by atoms with Gasteiger partial charge in [-0.05, 0) is 46.6 Å². The molecule has 0 amide bonds. The summed E-state index contributed by atoms with van der Waals surface area (Å²) in [5.41, 5.74) is 9.28. The first-order chi connectivity index (χ1) is 9.49. The molecule has 2 aromatic heterocycles. The summed E-state index contributed by atoms with van der Waals surface area (Å²) in [6.45, 7) is 2.00. The van der Waals surface area contributed by atoms with Crippen molar-refractivity contribution >= 4 is 50.6 Å². The highest BCUT2D eigenvalue weighted by molar-refractivity contribution is 9.10. The first-order valence-electron chi connectivity index (χ1n) is 5.87. The van der Waals surface area contributed by atoms with Crippen LogP contribution in [0.2, 0.25) is 10.0 Å². The molecule has 3 nitrogen and oxygen atoms in total. The zero-order valence-corrected chi connectivity index (χ0v) is 13.6. The third kappa shape index (κ3) is 2.08. The van der Waals surface area contributed by atoms with E-state index in [0.29, 0.717) is 27.1 Å². The largest absolute Gasteiger partial charge is 0.383 e. The molecule has 3 aromatic rings. The molecule has 0 spiro atoms. The van der Waals surface area contributed by atoms with Crippen LogP contribution in [0.3, 0.4) is 0 Å². The van der Waals surface area contributed by atoms with E-state index >= 15 is 0 Å². The molecule has 0 fully saturated rings. The van der Waals surface area contributed by atoms with Gasteiger partial charge in [0.05, 0.1) is 10.0 Å². The summed E-state index contributed by atoms with van der Waals surface area (Å²) in [6.07, 6.45) is 1.89. The number of aryl methyl sites for hydroxylation is 1. The second-order valence-electron chi connectivity index (χ2n) is 4.47. The molecule has 0 aliphatic heterocycles. The number of nitrogens with two attached hydrogens (primary N) is 1. The number of benzene rings is 1. The number of halogens is 3. The van der Waals surface area contributed by atoms with Crippen LogP contribution in [0.15, 0.2) is 34.9 Å². The van der Waals surface area contributed by atoms with Gasteiger partial charge in [-0.25, -0.2) is 4.98 Å². The van der Waals surface area contributed by atoms with E-state index in [2.05, 4.69) is 20.9 Å². The van der Waals surface area contributed by atoms with Crippen LogP contribution >= 0.6 is 39.1 Å². The molecule has 6 heteroatoms. The number of nitrogens with zero attached hydrogens (tertiary/aromatic N) is 2. The molecular weight excluding hydrogens is 361 g/mol. The van der Waals surface area contributed by atoms with Gasteiger partial charge in [-0.2, -0.15) is 0 Å². The van der Waals surface area contributed by atoms with Crippen LogP contribution in [0, 0.1) is 6.92 Å². The standard InChI is InChI=1S/C14H10BrCl2N3/c1-7-5-11-19-13(14(18)20(11)6-8(7)15)12-9(16)3-2-4-10(12)17/h2-6H,18H2,1H3. The van der Waals surface area contributed by atoms with Crippen LogP contribution < -0.4 is 5.73 Å². The van der Waals surface area contributed by atoms with Gasteiger partial charge in [-0.1, -0.05) is 29.3 Å². The zero-order chi connectivity index (χ0) is 14.4. The van der Waals surface area contributed by atoms with Gasteiger partial charge in [0.15, 0.2) is 0 Å². The van der Waals surface area contributed by atoms with Crippen LogP contribution in [-0.2, 0) is 0 Å². The predicted molar refractivity (Wildman–Crippen MR) is 87.5 cm³/mol. The minimum atomic E-state index is 0.510. The highest BCUT2D eigenvalue weighted by Gasteiger charge is 2.17. The average molecular weight is 371 g/mol. The second-order valence-corrected chi connectivity index (χ2v) is 6.14. The Morgan fingerprint density at radius 3 is 2.55 bits per heavy atom. The molecule has 102 valence electrons. The van der Waals surface area contributed by atoms with Crippen LogP contribution in [0.25, 0.3) is 16.9 Å². The molecular formula is C14H10BrCl2N3. The normalized spacial score (nSPS) is 11.2. The Labute approximate surface area is 134 Å². The molecule has 0 unspecified atom stereocenters. The maximum Gasteiger partial charge on any atom is 0.139 e. The lowest BCUT2D eigenvalue weighted by molar-refractivity contribution is 1.16. The van der Waals surface area contributed by atoms with Gasteiger partial charge < -0.3 is 5.73 Å². The van der Waals surface area contributed by atoms with Gasteiger partial charge in [-0.3, -0.25) is 4.40 Å². The van der Waals surface area contributed by atoms with Crippen molar-refractivity contribution in [3.8, 4) is 11.3 Å². The fourth-order valence-electron chi connectivity index (χ4n) is 2.09. The molecule has 3 rings (SSSR count). The van der Waals surface area contributed by atoms with Crippen molar-refractivity contribution in [2.45, 2.75) is 6.92 Å². The highest BCUT2D eigenvalue weighted by Crippen LogP contribution is 2.37. The van der Waals surface area contributed by atoms with Gasteiger partial charge in [0.25, 0.3) is 0 Å². The van der Waals surface area contributed by atoms with E-state index in [-0.39, 0.29) is 0 Å². The number of aromatic nitrogens is 2. The van der Waals surface area contributed by atoms with Gasteiger partial charge in [0.1, 0.15) is 17.2 Å². The summed E-state index contributed by atoms with van der Waals surface area (Å²) in [5, 5.41) is 1.06.